The number of ketones is 1. The summed E-state index contributed by atoms with van der Waals surface area (Å²) in [4.78, 5) is 28.8. The zero-order chi connectivity index (χ0) is 33.1. The molecule has 48 heavy (non-hydrogen) atoms. The fourth-order valence-electron chi connectivity index (χ4n) is 8.41. The van der Waals surface area contributed by atoms with Gasteiger partial charge in [-0.15, -0.1) is 0 Å². The van der Waals surface area contributed by atoms with E-state index in [1.807, 2.05) is 6.92 Å². The van der Waals surface area contributed by atoms with E-state index in [2.05, 4.69) is 82.6 Å². The summed E-state index contributed by atoms with van der Waals surface area (Å²) in [5.74, 6) is 0.416. The van der Waals surface area contributed by atoms with Gasteiger partial charge >= 0.3 is 5.97 Å². The highest BCUT2D eigenvalue weighted by molar-refractivity contribution is 6.39. The van der Waals surface area contributed by atoms with E-state index < -0.39 is 0 Å². The molecule has 2 heterocycles. The molecule has 4 aliphatic rings. The van der Waals surface area contributed by atoms with Crippen LogP contribution in [0.1, 0.15) is 61.0 Å². The predicted octanol–water partition coefficient (Wildman–Crippen LogP) is 8.98. The molecule has 0 N–H and O–H groups in total. The largest absolute Gasteiger partial charge is 0.466 e. The van der Waals surface area contributed by atoms with Gasteiger partial charge in [0.05, 0.1) is 22.6 Å². The number of hydrogen-bond acceptors (Lipinski definition) is 5. The molecule has 7 heteroatoms. The number of esters is 1. The number of fused-ring (bicyclic) bond motifs is 2. The summed E-state index contributed by atoms with van der Waals surface area (Å²) in [6.07, 6.45) is 4.20. The van der Waals surface area contributed by atoms with Gasteiger partial charge in [0.25, 0.3) is 0 Å². The Hall–Kier alpha value is -3.48. The lowest BCUT2D eigenvalue weighted by Crippen LogP contribution is -2.51. The summed E-state index contributed by atoms with van der Waals surface area (Å²) in [5.41, 5.74) is 11.5. The van der Waals surface area contributed by atoms with Crippen molar-refractivity contribution in [2.45, 2.75) is 51.6 Å². The zero-order valence-corrected chi connectivity index (χ0v) is 29.0. The van der Waals surface area contributed by atoms with Gasteiger partial charge in [0.2, 0.25) is 0 Å². The molecule has 8 rings (SSSR count). The second-order valence-corrected chi connectivity index (χ2v) is 14.7. The fourth-order valence-corrected chi connectivity index (χ4v) is 9.08. The Balaban J connectivity index is 1.03. The Morgan fingerprint density at radius 1 is 0.688 bits per heavy atom. The highest BCUT2D eigenvalue weighted by Crippen LogP contribution is 2.46. The van der Waals surface area contributed by atoms with Crippen molar-refractivity contribution in [1.82, 2.24) is 9.80 Å². The molecule has 2 atom stereocenters. The van der Waals surface area contributed by atoms with Crippen molar-refractivity contribution in [3.63, 3.8) is 0 Å². The normalized spacial score (nSPS) is 21.0. The Kier molecular flexibility index (Phi) is 8.45. The number of rotatable bonds is 8. The van der Waals surface area contributed by atoms with Crippen LogP contribution in [0.25, 0.3) is 33.4 Å². The number of benzene rings is 4. The van der Waals surface area contributed by atoms with Crippen LogP contribution in [0.2, 0.25) is 10.0 Å². The van der Waals surface area contributed by atoms with Crippen LogP contribution in [-0.2, 0) is 27.2 Å². The number of hydrogen-bond donors (Lipinski definition) is 0. The van der Waals surface area contributed by atoms with Crippen LogP contribution in [0.5, 0.6) is 0 Å². The van der Waals surface area contributed by atoms with Crippen molar-refractivity contribution in [2.24, 2.45) is 11.8 Å². The van der Waals surface area contributed by atoms with Gasteiger partial charge in [-0.1, -0.05) is 96.0 Å². The standard InChI is InChI=1S/C41H40Cl2N2O3/c1-3-48-41(47)30-22-45(23-30)38-17-13-26-19-28(11-15-32(26)38)34-7-5-9-36(40(34)43)35-8-4-6-33(39(35)42)27-10-14-31-25(18-27)12-16-37(31)44-20-29(21-44)24(2)46/h4-11,14-15,18-19,29-30,37-38H,3,12-13,16-17,20-23H2,1-2H3. The molecule has 2 saturated heterocycles. The first-order valence-electron chi connectivity index (χ1n) is 17.3. The van der Waals surface area contributed by atoms with E-state index in [1.165, 1.54) is 22.3 Å². The van der Waals surface area contributed by atoms with E-state index in [-0.39, 0.29) is 17.8 Å². The molecule has 5 nitrogen and oxygen atoms in total. The van der Waals surface area contributed by atoms with E-state index in [0.29, 0.717) is 34.5 Å². The van der Waals surface area contributed by atoms with Crippen molar-refractivity contribution in [3.05, 3.63) is 105 Å². The van der Waals surface area contributed by atoms with Gasteiger partial charge in [0.15, 0.2) is 0 Å². The SMILES string of the molecule is CCOC(=O)C1CN(C2CCc3cc(-c4cccc(-c5cccc(-c6ccc7c(c6)CCC7N6CC(C(C)=O)C6)c5Cl)c4Cl)ccc32)C1. The summed E-state index contributed by atoms with van der Waals surface area (Å²) in [6, 6.07) is 26.6. The lowest BCUT2D eigenvalue weighted by Gasteiger charge is -2.42. The molecular formula is C41H40Cl2N2O3. The Morgan fingerprint density at radius 3 is 1.60 bits per heavy atom. The van der Waals surface area contributed by atoms with Crippen molar-refractivity contribution in [2.75, 3.05) is 32.8 Å². The average Bonchev–Trinajstić information content (AvgIpc) is 3.64. The number of likely N-dealkylation sites (tertiary alicyclic amines) is 2. The Morgan fingerprint density at radius 2 is 1.15 bits per heavy atom. The fraction of sp³-hybridized carbons (Fsp3) is 0.366. The smallest absolute Gasteiger partial charge is 0.311 e. The lowest BCUT2D eigenvalue weighted by molar-refractivity contribution is -0.155. The second-order valence-electron chi connectivity index (χ2n) is 13.9. The Labute approximate surface area is 292 Å². The number of Topliss-reactive ketones (excluding diaryl/α,β-unsaturated/α-hetero) is 1. The number of carbonyl (C=O) groups is 2. The van der Waals surface area contributed by atoms with Gasteiger partial charge in [0, 0.05) is 66.4 Å². The third-order valence-corrected chi connectivity index (χ3v) is 12.0. The van der Waals surface area contributed by atoms with Crippen LogP contribution in [0.15, 0.2) is 72.8 Å². The first-order chi connectivity index (χ1) is 23.3. The first kappa shape index (κ1) is 31.8. The van der Waals surface area contributed by atoms with E-state index >= 15 is 0 Å². The van der Waals surface area contributed by atoms with Crippen molar-refractivity contribution in [3.8, 4) is 33.4 Å². The van der Waals surface area contributed by atoms with E-state index in [0.717, 1.165) is 85.2 Å². The van der Waals surface area contributed by atoms with Gasteiger partial charge in [0.1, 0.15) is 5.78 Å². The molecule has 2 aliphatic carbocycles. The van der Waals surface area contributed by atoms with Crippen LogP contribution in [0.3, 0.4) is 0 Å². The first-order valence-corrected chi connectivity index (χ1v) is 18.0. The third-order valence-electron chi connectivity index (χ3n) is 11.2. The zero-order valence-electron chi connectivity index (χ0n) is 27.5. The highest BCUT2D eigenvalue weighted by atomic mass is 35.5. The molecule has 2 aliphatic heterocycles. The number of ether oxygens (including phenoxy) is 1. The van der Waals surface area contributed by atoms with Gasteiger partial charge < -0.3 is 4.74 Å². The topological polar surface area (TPSA) is 49.9 Å². The van der Waals surface area contributed by atoms with Crippen molar-refractivity contribution >= 4 is 35.0 Å². The third kappa shape index (κ3) is 5.49. The van der Waals surface area contributed by atoms with Gasteiger partial charge in [-0.25, -0.2) is 0 Å². The van der Waals surface area contributed by atoms with Gasteiger partial charge in [-0.2, -0.15) is 0 Å². The average molecular weight is 680 g/mol. The minimum absolute atomic E-state index is 0.00633. The van der Waals surface area contributed by atoms with Crippen molar-refractivity contribution < 1.29 is 14.3 Å². The molecule has 0 amide bonds. The molecule has 246 valence electrons. The minimum Gasteiger partial charge on any atom is -0.466 e. The molecule has 4 aromatic rings. The Bertz CT molecular complexity index is 1930. The molecule has 0 saturated carbocycles. The maximum absolute atomic E-state index is 12.1. The van der Waals surface area contributed by atoms with Crippen LogP contribution < -0.4 is 0 Å². The number of nitrogens with zero attached hydrogens (tertiary/aromatic N) is 2. The van der Waals surface area contributed by atoms with Crippen LogP contribution >= 0.6 is 23.2 Å². The maximum atomic E-state index is 12.1. The summed E-state index contributed by atoms with van der Waals surface area (Å²) in [6.45, 7) is 7.29. The molecular weight excluding hydrogens is 639 g/mol. The van der Waals surface area contributed by atoms with Gasteiger partial charge in [-0.3, -0.25) is 19.4 Å². The van der Waals surface area contributed by atoms with Gasteiger partial charge in [-0.05, 0) is 72.9 Å². The van der Waals surface area contributed by atoms with Crippen LogP contribution in [-0.4, -0.2) is 54.3 Å². The molecule has 0 aromatic heterocycles. The molecule has 4 aromatic carbocycles. The second kappa shape index (κ2) is 12.8. The molecule has 0 spiro atoms. The van der Waals surface area contributed by atoms with Crippen LogP contribution in [0, 0.1) is 11.8 Å². The number of carbonyl (C=O) groups excluding carboxylic acids is 2. The van der Waals surface area contributed by atoms with E-state index in [9.17, 15) is 9.59 Å². The van der Waals surface area contributed by atoms with Crippen LogP contribution in [0.4, 0.5) is 0 Å². The number of aryl methyl sites for hydroxylation is 2. The molecule has 0 bridgehead atoms. The summed E-state index contributed by atoms with van der Waals surface area (Å²) in [7, 11) is 0. The lowest BCUT2D eigenvalue weighted by atomic mass is 9.91. The number of halogens is 2. The summed E-state index contributed by atoms with van der Waals surface area (Å²) in [5, 5.41) is 1.40. The molecule has 2 fully saturated rings. The van der Waals surface area contributed by atoms with E-state index in [1.54, 1.807) is 6.92 Å². The predicted molar refractivity (Wildman–Crippen MR) is 192 cm³/mol. The molecule has 2 unspecified atom stereocenters. The monoisotopic (exact) mass is 678 g/mol. The van der Waals surface area contributed by atoms with Crippen molar-refractivity contribution in [1.29, 1.82) is 0 Å². The van der Waals surface area contributed by atoms with E-state index in [4.69, 9.17) is 27.9 Å². The maximum Gasteiger partial charge on any atom is 0.311 e. The summed E-state index contributed by atoms with van der Waals surface area (Å²) >= 11 is 14.4. The minimum atomic E-state index is -0.0731. The molecule has 0 radical (unpaired) electrons. The summed E-state index contributed by atoms with van der Waals surface area (Å²) < 4.78 is 5.22. The highest BCUT2D eigenvalue weighted by Gasteiger charge is 2.41. The quantitative estimate of drug-likeness (QED) is 0.174.